The number of aromatic amines is 1. The first-order valence-electron chi connectivity index (χ1n) is 5.86. The van der Waals surface area contributed by atoms with Gasteiger partial charge in [-0.2, -0.15) is 0 Å². The molecule has 2 aromatic rings. The second-order valence-electron chi connectivity index (χ2n) is 4.03. The van der Waals surface area contributed by atoms with E-state index in [-0.39, 0.29) is 18.1 Å². The van der Waals surface area contributed by atoms with E-state index in [0.717, 1.165) is 6.07 Å². The zero-order valence-corrected chi connectivity index (χ0v) is 10.3. The Kier molecular flexibility index (Phi) is 3.89. The van der Waals surface area contributed by atoms with Crippen molar-refractivity contribution < 1.29 is 8.78 Å². The Hall–Kier alpha value is -2.24. The van der Waals surface area contributed by atoms with E-state index in [9.17, 15) is 13.6 Å². The summed E-state index contributed by atoms with van der Waals surface area (Å²) in [5.74, 6) is -0.990. The Bertz CT molecular complexity index is 640. The third-order valence-electron chi connectivity index (χ3n) is 2.62. The molecule has 19 heavy (non-hydrogen) atoms. The van der Waals surface area contributed by atoms with Crippen molar-refractivity contribution in [3.05, 3.63) is 57.5 Å². The molecule has 0 unspecified atom stereocenters. The van der Waals surface area contributed by atoms with Crippen LogP contribution in [0.4, 0.5) is 14.7 Å². The molecule has 0 bridgehead atoms. The smallest absolute Gasteiger partial charge is 0.252 e. The highest BCUT2D eigenvalue weighted by Crippen LogP contribution is 2.10. The van der Waals surface area contributed by atoms with Crippen LogP contribution in [0.25, 0.3) is 0 Å². The Morgan fingerprint density at radius 1 is 1.32 bits per heavy atom. The van der Waals surface area contributed by atoms with Gasteiger partial charge in [-0.15, -0.1) is 0 Å². The highest BCUT2D eigenvalue weighted by Gasteiger charge is 2.05. The van der Waals surface area contributed by atoms with Crippen molar-refractivity contribution in [3.63, 3.8) is 0 Å². The van der Waals surface area contributed by atoms with Crippen LogP contribution in [0.2, 0.25) is 0 Å². The summed E-state index contributed by atoms with van der Waals surface area (Å²) in [7, 11) is 0. The first kappa shape index (κ1) is 13.2. The van der Waals surface area contributed by atoms with Gasteiger partial charge in [-0.1, -0.05) is 13.0 Å². The number of nitrogens with zero attached hydrogens (tertiary/aromatic N) is 1. The van der Waals surface area contributed by atoms with E-state index in [4.69, 9.17) is 0 Å². The highest BCUT2D eigenvalue weighted by atomic mass is 19.1. The molecule has 0 fully saturated rings. The van der Waals surface area contributed by atoms with Crippen molar-refractivity contribution in [2.45, 2.75) is 19.9 Å². The van der Waals surface area contributed by atoms with Gasteiger partial charge in [0.2, 0.25) is 5.95 Å². The van der Waals surface area contributed by atoms with Crippen molar-refractivity contribution in [2.24, 2.45) is 0 Å². The maximum absolute atomic E-state index is 13.4. The molecular weight excluding hydrogens is 252 g/mol. The summed E-state index contributed by atoms with van der Waals surface area (Å²) < 4.78 is 26.1. The molecule has 0 amide bonds. The summed E-state index contributed by atoms with van der Waals surface area (Å²) in [6.45, 7) is 1.99. The molecule has 0 saturated heterocycles. The largest absolute Gasteiger partial charge is 0.352 e. The summed E-state index contributed by atoms with van der Waals surface area (Å²) in [5, 5.41) is 2.81. The number of nitrogens with one attached hydrogen (secondary N) is 2. The number of aromatic nitrogens is 2. The lowest BCUT2D eigenvalue weighted by molar-refractivity contribution is 0.574. The van der Waals surface area contributed by atoms with Crippen LogP contribution in [0.3, 0.4) is 0 Å². The molecule has 4 nitrogen and oxygen atoms in total. The van der Waals surface area contributed by atoms with Gasteiger partial charge in [0.05, 0.1) is 0 Å². The molecule has 1 aromatic carbocycles. The predicted octanol–water partition coefficient (Wildman–Crippen LogP) is 2.22. The number of rotatable bonds is 4. The third-order valence-corrected chi connectivity index (χ3v) is 2.62. The van der Waals surface area contributed by atoms with Crippen LogP contribution < -0.4 is 10.9 Å². The van der Waals surface area contributed by atoms with E-state index in [2.05, 4.69) is 15.3 Å². The lowest BCUT2D eigenvalue weighted by Gasteiger charge is -2.07. The molecule has 1 heterocycles. The maximum atomic E-state index is 13.4. The second kappa shape index (κ2) is 5.60. The fourth-order valence-corrected chi connectivity index (χ4v) is 1.62. The van der Waals surface area contributed by atoms with Gasteiger partial charge < -0.3 is 5.32 Å². The van der Waals surface area contributed by atoms with Crippen LogP contribution in [-0.2, 0) is 13.0 Å². The van der Waals surface area contributed by atoms with Gasteiger partial charge in [-0.05, 0) is 12.5 Å². The summed E-state index contributed by atoms with van der Waals surface area (Å²) in [6.07, 6.45) is 0.628. The molecule has 1 aromatic heterocycles. The normalized spacial score (nSPS) is 10.5. The maximum Gasteiger partial charge on any atom is 0.252 e. The SMILES string of the molecule is CCc1cc(=O)[nH]c(NCc2ccc(F)cc2F)n1. The molecule has 0 spiro atoms. The molecule has 100 valence electrons. The topological polar surface area (TPSA) is 57.8 Å². The van der Waals surface area contributed by atoms with Crippen molar-refractivity contribution in [1.82, 2.24) is 9.97 Å². The highest BCUT2D eigenvalue weighted by molar-refractivity contribution is 5.29. The predicted molar refractivity (Wildman–Crippen MR) is 67.9 cm³/mol. The zero-order valence-electron chi connectivity index (χ0n) is 10.3. The first-order chi connectivity index (χ1) is 9.08. The average Bonchev–Trinajstić information content (AvgIpc) is 2.37. The molecule has 0 radical (unpaired) electrons. The summed E-state index contributed by atoms with van der Waals surface area (Å²) in [6, 6.07) is 4.75. The van der Waals surface area contributed by atoms with Crippen LogP contribution in [0.1, 0.15) is 18.2 Å². The molecule has 2 N–H and O–H groups in total. The van der Waals surface area contributed by atoms with E-state index in [0.29, 0.717) is 17.7 Å². The molecule has 0 aliphatic rings. The van der Waals surface area contributed by atoms with Crippen molar-refractivity contribution in [3.8, 4) is 0 Å². The lowest BCUT2D eigenvalue weighted by atomic mass is 10.2. The molecule has 0 aliphatic carbocycles. The second-order valence-corrected chi connectivity index (χ2v) is 4.03. The van der Waals surface area contributed by atoms with E-state index < -0.39 is 11.6 Å². The Labute approximate surface area is 108 Å². The number of anilines is 1. The number of hydrogen-bond acceptors (Lipinski definition) is 3. The van der Waals surface area contributed by atoms with Gasteiger partial charge in [0.1, 0.15) is 11.6 Å². The van der Waals surface area contributed by atoms with Crippen molar-refractivity contribution >= 4 is 5.95 Å². The molecule has 0 atom stereocenters. The Morgan fingerprint density at radius 2 is 2.11 bits per heavy atom. The van der Waals surface area contributed by atoms with Crippen LogP contribution in [-0.4, -0.2) is 9.97 Å². The minimum absolute atomic E-state index is 0.113. The quantitative estimate of drug-likeness (QED) is 0.891. The summed E-state index contributed by atoms with van der Waals surface area (Å²) in [4.78, 5) is 18.0. The van der Waals surface area contributed by atoms with E-state index in [1.54, 1.807) is 0 Å². The van der Waals surface area contributed by atoms with Crippen molar-refractivity contribution in [2.75, 3.05) is 5.32 Å². The standard InChI is InChI=1S/C13H13F2N3O/c1-2-10-6-12(19)18-13(17-10)16-7-8-3-4-9(14)5-11(8)15/h3-6H,2,7H2,1H3,(H2,16,17,18,19). The van der Waals surface area contributed by atoms with Gasteiger partial charge in [-0.25, -0.2) is 13.8 Å². The molecule has 2 rings (SSSR count). The van der Waals surface area contributed by atoms with Gasteiger partial charge in [-0.3, -0.25) is 9.78 Å². The molecule has 6 heteroatoms. The van der Waals surface area contributed by atoms with Gasteiger partial charge in [0.25, 0.3) is 5.56 Å². The minimum atomic E-state index is -0.638. The van der Waals surface area contributed by atoms with Crippen LogP contribution in [0.5, 0.6) is 0 Å². The van der Waals surface area contributed by atoms with E-state index >= 15 is 0 Å². The Balaban J connectivity index is 2.14. The van der Waals surface area contributed by atoms with Crippen LogP contribution in [0, 0.1) is 11.6 Å². The van der Waals surface area contributed by atoms with E-state index in [1.165, 1.54) is 18.2 Å². The van der Waals surface area contributed by atoms with Gasteiger partial charge >= 0.3 is 0 Å². The Morgan fingerprint density at radius 3 is 2.79 bits per heavy atom. The number of H-pyrrole nitrogens is 1. The van der Waals surface area contributed by atoms with Gasteiger partial charge in [0, 0.05) is 29.9 Å². The van der Waals surface area contributed by atoms with Crippen LogP contribution in [0.15, 0.2) is 29.1 Å². The van der Waals surface area contributed by atoms with E-state index in [1.807, 2.05) is 6.92 Å². The van der Waals surface area contributed by atoms with Crippen molar-refractivity contribution in [1.29, 1.82) is 0 Å². The number of hydrogen-bond donors (Lipinski definition) is 2. The third kappa shape index (κ3) is 3.37. The van der Waals surface area contributed by atoms with Gasteiger partial charge in [0.15, 0.2) is 0 Å². The van der Waals surface area contributed by atoms with Crippen LogP contribution >= 0.6 is 0 Å². The number of halogens is 2. The molecular formula is C13H13F2N3O. The lowest BCUT2D eigenvalue weighted by Crippen LogP contribution is -2.14. The fourth-order valence-electron chi connectivity index (χ4n) is 1.62. The first-order valence-corrected chi connectivity index (χ1v) is 5.86. The molecule has 0 saturated carbocycles. The number of aryl methyl sites for hydroxylation is 1. The zero-order chi connectivity index (χ0) is 13.8. The monoisotopic (exact) mass is 265 g/mol. The fraction of sp³-hybridized carbons (Fsp3) is 0.231. The molecule has 0 aliphatic heterocycles. The number of benzene rings is 1. The average molecular weight is 265 g/mol. The summed E-state index contributed by atoms with van der Waals surface area (Å²) in [5.41, 5.74) is 0.672. The summed E-state index contributed by atoms with van der Waals surface area (Å²) >= 11 is 0. The minimum Gasteiger partial charge on any atom is -0.352 e.